The van der Waals surface area contributed by atoms with Gasteiger partial charge in [-0.25, -0.2) is 5.43 Å². The highest BCUT2D eigenvalue weighted by Gasteiger charge is 2.16. The lowest BCUT2D eigenvalue weighted by Crippen LogP contribution is -2.17. The Morgan fingerprint density at radius 2 is 1.53 bits per heavy atom. The largest absolute Gasteiger partial charge is 0.497 e. The van der Waals surface area contributed by atoms with E-state index < -0.39 is 10.1 Å². The third-order valence-corrected chi connectivity index (χ3v) is 5.43. The molecule has 1 amide bonds. The minimum absolute atomic E-state index is 0.0128. The van der Waals surface area contributed by atoms with E-state index in [1.807, 2.05) is 0 Å². The lowest BCUT2D eigenvalue weighted by molar-refractivity contribution is 0.0955. The molecule has 9 heteroatoms. The lowest BCUT2D eigenvalue weighted by atomic mass is 10.2. The van der Waals surface area contributed by atoms with Gasteiger partial charge in [0.1, 0.15) is 16.4 Å². The van der Waals surface area contributed by atoms with Crippen LogP contribution in [0.15, 0.2) is 82.8 Å². The van der Waals surface area contributed by atoms with Crippen LogP contribution in [0.4, 0.5) is 0 Å². The number of benzene rings is 3. The molecule has 154 valence electrons. The van der Waals surface area contributed by atoms with E-state index in [2.05, 4.69) is 10.5 Å². The van der Waals surface area contributed by atoms with Crippen molar-refractivity contribution in [2.24, 2.45) is 5.10 Å². The molecule has 0 heterocycles. The summed E-state index contributed by atoms with van der Waals surface area (Å²) in [6, 6.07) is 18.5. The number of carbonyl (C=O) groups is 1. The Kier molecular flexibility index (Phi) is 6.71. The molecular weight excluding hydrogens is 428 g/mol. The molecule has 0 unspecified atom stereocenters. The molecule has 0 atom stereocenters. The van der Waals surface area contributed by atoms with Crippen molar-refractivity contribution in [1.29, 1.82) is 0 Å². The molecule has 0 saturated carbocycles. The number of carbonyl (C=O) groups excluding carboxylic acids is 1. The van der Waals surface area contributed by atoms with E-state index in [4.69, 9.17) is 20.5 Å². The van der Waals surface area contributed by atoms with E-state index in [-0.39, 0.29) is 16.6 Å². The quantitative estimate of drug-likeness (QED) is 0.339. The molecule has 3 aromatic carbocycles. The first-order valence-electron chi connectivity index (χ1n) is 8.65. The molecule has 30 heavy (non-hydrogen) atoms. The van der Waals surface area contributed by atoms with Gasteiger partial charge in [-0.05, 0) is 78.4 Å². The van der Waals surface area contributed by atoms with E-state index in [9.17, 15) is 13.2 Å². The van der Waals surface area contributed by atoms with Crippen molar-refractivity contribution < 1.29 is 22.1 Å². The highest BCUT2D eigenvalue weighted by Crippen LogP contribution is 2.21. The number of amides is 1. The van der Waals surface area contributed by atoms with Crippen LogP contribution in [0, 0.1) is 0 Å². The second-order valence-corrected chi connectivity index (χ2v) is 7.97. The maximum atomic E-state index is 12.3. The van der Waals surface area contributed by atoms with Crippen LogP contribution in [0.5, 0.6) is 11.5 Å². The molecule has 0 bridgehead atoms. The summed E-state index contributed by atoms with van der Waals surface area (Å²) in [7, 11) is -2.47. The second kappa shape index (κ2) is 9.43. The third kappa shape index (κ3) is 5.59. The van der Waals surface area contributed by atoms with Gasteiger partial charge in [0, 0.05) is 10.6 Å². The zero-order valence-corrected chi connectivity index (χ0v) is 17.4. The fraction of sp³-hybridized carbons (Fsp3) is 0.0476. The standard InChI is InChI=1S/C21H17ClN2O5S/c1-28-18-10-12-20(13-11-18)30(26,27)29-19-8-2-15(3-9-19)14-23-24-21(25)16-4-6-17(22)7-5-16/h2-14H,1H3,(H,24,25)/b23-14-. The molecule has 1 N–H and O–H groups in total. The normalized spacial score (nSPS) is 11.3. The smallest absolute Gasteiger partial charge is 0.339 e. The van der Waals surface area contributed by atoms with E-state index in [0.29, 0.717) is 21.9 Å². The van der Waals surface area contributed by atoms with Gasteiger partial charge < -0.3 is 8.92 Å². The highest BCUT2D eigenvalue weighted by atomic mass is 35.5. The van der Waals surface area contributed by atoms with Crippen LogP contribution in [-0.2, 0) is 10.1 Å². The Bertz CT molecular complexity index is 1140. The Hall–Kier alpha value is -3.36. The summed E-state index contributed by atoms with van der Waals surface area (Å²) in [6.07, 6.45) is 1.43. The van der Waals surface area contributed by atoms with Crippen LogP contribution in [-0.4, -0.2) is 27.6 Å². The van der Waals surface area contributed by atoms with Gasteiger partial charge >= 0.3 is 10.1 Å². The summed E-state index contributed by atoms with van der Waals surface area (Å²) in [6.45, 7) is 0. The Morgan fingerprint density at radius 1 is 0.933 bits per heavy atom. The van der Waals surface area contributed by atoms with Crippen molar-refractivity contribution in [3.05, 3.63) is 88.9 Å². The molecule has 7 nitrogen and oxygen atoms in total. The minimum Gasteiger partial charge on any atom is -0.497 e. The van der Waals surface area contributed by atoms with Gasteiger partial charge in [-0.15, -0.1) is 0 Å². The van der Waals surface area contributed by atoms with Crippen LogP contribution >= 0.6 is 11.6 Å². The van der Waals surface area contributed by atoms with E-state index in [1.165, 1.54) is 49.7 Å². The number of nitrogens with zero attached hydrogens (tertiary/aromatic N) is 1. The predicted octanol–water partition coefficient (Wildman–Crippen LogP) is 3.88. The molecular formula is C21H17ClN2O5S. The molecule has 0 saturated heterocycles. The van der Waals surface area contributed by atoms with Gasteiger partial charge in [0.05, 0.1) is 13.3 Å². The molecule has 3 aromatic rings. The van der Waals surface area contributed by atoms with E-state index >= 15 is 0 Å². The summed E-state index contributed by atoms with van der Waals surface area (Å²) in [4.78, 5) is 12.0. The zero-order valence-electron chi connectivity index (χ0n) is 15.8. The number of rotatable bonds is 7. The number of hydrazone groups is 1. The monoisotopic (exact) mass is 444 g/mol. The topological polar surface area (TPSA) is 94.1 Å². The maximum Gasteiger partial charge on any atom is 0.339 e. The van der Waals surface area contributed by atoms with Crippen molar-refractivity contribution >= 4 is 33.8 Å². The fourth-order valence-corrected chi connectivity index (χ4v) is 3.41. The van der Waals surface area contributed by atoms with Crippen molar-refractivity contribution in [3.8, 4) is 11.5 Å². The predicted molar refractivity (Wildman–Crippen MR) is 114 cm³/mol. The summed E-state index contributed by atoms with van der Waals surface area (Å²) < 4.78 is 34.8. The number of ether oxygens (including phenoxy) is 1. The number of methoxy groups -OCH3 is 1. The first-order chi connectivity index (χ1) is 14.4. The Labute approximate surface area is 179 Å². The van der Waals surface area contributed by atoms with Gasteiger partial charge in [-0.3, -0.25) is 4.79 Å². The van der Waals surface area contributed by atoms with Crippen molar-refractivity contribution in [2.45, 2.75) is 4.90 Å². The first-order valence-corrected chi connectivity index (χ1v) is 10.4. The molecule has 0 aliphatic heterocycles. The molecule has 0 radical (unpaired) electrons. The molecule has 0 aliphatic rings. The third-order valence-electron chi connectivity index (χ3n) is 3.92. The van der Waals surface area contributed by atoms with Crippen LogP contribution in [0.3, 0.4) is 0 Å². The Morgan fingerprint density at radius 3 is 2.13 bits per heavy atom. The maximum absolute atomic E-state index is 12.3. The summed E-state index contributed by atoms with van der Waals surface area (Å²) in [5.41, 5.74) is 3.46. The van der Waals surface area contributed by atoms with Crippen LogP contribution < -0.4 is 14.3 Å². The van der Waals surface area contributed by atoms with Crippen molar-refractivity contribution in [2.75, 3.05) is 7.11 Å². The van der Waals surface area contributed by atoms with Gasteiger partial charge in [-0.1, -0.05) is 11.6 Å². The minimum atomic E-state index is -3.97. The van der Waals surface area contributed by atoms with E-state index in [0.717, 1.165) is 0 Å². The van der Waals surface area contributed by atoms with Crippen molar-refractivity contribution in [3.63, 3.8) is 0 Å². The molecule has 3 rings (SSSR count). The first kappa shape index (κ1) is 21.4. The van der Waals surface area contributed by atoms with Gasteiger partial charge in [0.25, 0.3) is 5.91 Å². The average Bonchev–Trinajstić information content (AvgIpc) is 2.75. The molecule has 0 spiro atoms. The van der Waals surface area contributed by atoms with Gasteiger partial charge in [-0.2, -0.15) is 13.5 Å². The lowest BCUT2D eigenvalue weighted by Gasteiger charge is -2.08. The van der Waals surface area contributed by atoms with Gasteiger partial charge in [0.2, 0.25) is 0 Å². The molecule has 0 fully saturated rings. The number of nitrogens with one attached hydrogen (secondary N) is 1. The number of hydrogen-bond acceptors (Lipinski definition) is 6. The number of halogens is 1. The van der Waals surface area contributed by atoms with Crippen molar-refractivity contribution in [1.82, 2.24) is 5.43 Å². The summed E-state index contributed by atoms with van der Waals surface area (Å²) in [5, 5.41) is 4.41. The summed E-state index contributed by atoms with van der Waals surface area (Å²) >= 11 is 5.79. The van der Waals surface area contributed by atoms with Gasteiger partial charge in [0.15, 0.2) is 0 Å². The SMILES string of the molecule is COc1ccc(S(=O)(=O)Oc2ccc(/C=N\NC(=O)c3ccc(Cl)cc3)cc2)cc1. The summed E-state index contributed by atoms with van der Waals surface area (Å²) in [5.74, 6) is 0.308. The zero-order chi connectivity index (χ0) is 21.6. The Balaban J connectivity index is 1.60. The highest BCUT2D eigenvalue weighted by molar-refractivity contribution is 7.87. The van der Waals surface area contributed by atoms with Crippen LogP contribution in [0.2, 0.25) is 5.02 Å². The fourth-order valence-electron chi connectivity index (χ4n) is 2.36. The molecule has 0 aromatic heterocycles. The second-order valence-electron chi connectivity index (χ2n) is 5.99. The van der Waals surface area contributed by atoms with Crippen LogP contribution in [0.25, 0.3) is 0 Å². The average molecular weight is 445 g/mol. The van der Waals surface area contributed by atoms with Crippen LogP contribution in [0.1, 0.15) is 15.9 Å². The van der Waals surface area contributed by atoms with E-state index in [1.54, 1.807) is 36.4 Å². The number of hydrogen-bond donors (Lipinski definition) is 1. The molecule has 0 aliphatic carbocycles.